The number of hydrogen-bond donors (Lipinski definition) is 2. The Bertz CT molecular complexity index is 800. The monoisotopic (exact) mass is 316 g/mol. The molecule has 0 fully saturated rings. The SMILES string of the molecule is Cc1cccc(S(=O)(=O)NC2CCCc3cc(N)ccc32)c1. The van der Waals surface area contributed by atoms with E-state index in [4.69, 9.17) is 5.73 Å². The van der Waals surface area contributed by atoms with Crippen molar-refractivity contribution in [3.63, 3.8) is 0 Å². The minimum Gasteiger partial charge on any atom is -0.399 e. The van der Waals surface area contributed by atoms with Crippen LogP contribution in [-0.2, 0) is 16.4 Å². The lowest BCUT2D eigenvalue weighted by Crippen LogP contribution is -2.31. The third kappa shape index (κ3) is 3.00. The zero-order valence-electron chi connectivity index (χ0n) is 12.5. The molecule has 4 nitrogen and oxygen atoms in total. The lowest BCUT2D eigenvalue weighted by atomic mass is 9.88. The fourth-order valence-corrected chi connectivity index (χ4v) is 4.35. The first-order valence-electron chi connectivity index (χ1n) is 7.43. The smallest absolute Gasteiger partial charge is 0.241 e. The van der Waals surface area contributed by atoms with Crippen LogP contribution < -0.4 is 10.5 Å². The summed E-state index contributed by atoms with van der Waals surface area (Å²) in [6.07, 6.45) is 2.71. The normalized spacial score (nSPS) is 18.0. The van der Waals surface area contributed by atoms with Gasteiger partial charge in [-0.3, -0.25) is 0 Å². The molecule has 5 heteroatoms. The molecular weight excluding hydrogens is 296 g/mol. The van der Waals surface area contributed by atoms with Crippen molar-refractivity contribution in [2.24, 2.45) is 0 Å². The van der Waals surface area contributed by atoms with Gasteiger partial charge in [0, 0.05) is 11.7 Å². The van der Waals surface area contributed by atoms with E-state index in [1.165, 1.54) is 0 Å². The minimum absolute atomic E-state index is 0.185. The van der Waals surface area contributed by atoms with Gasteiger partial charge in [0.05, 0.1) is 4.90 Å². The van der Waals surface area contributed by atoms with Crippen LogP contribution in [0, 0.1) is 6.92 Å². The van der Waals surface area contributed by atoms with E-state index in [1.54, 1.807) is 18.2 Å². The van der Waals surface area contributed by atoms with Crippen LogP contribution in [-0.4, -0.2) is 8.42 Å². The third-order valence-corrected chi connectivity index (χ3v) is 5.55. The number of fused-ring (bicyclic) bond motifs is 1. The summed E-state index contributed by atoms with van der Waals surface area (Å²) in [5, 5.41) is 0. The number of benzene rings is 2. The lowest BCUT2D eigenvalue weighted by Gasteiger charge is -2.26. The maximum atomic E-state index is 12.6. The highest BCUT2D eigenvalue weighted by Crippen LogP contribution is 2.32. The molecule has 1 aliphatic carbocycles. The maximum absolute atomic E-state index is 12.6. The lowest BCUT2D eigenvalue weighted by molar-refractivity contribution is 0.507. The molecule has 0 radical (unpaired) electrons. The highest BCUT2D eigenvalue weighted by molar-refractivity contribution is 7.89. The number of hydrogen-bond acceptors (Lipinski definition) is 3. The molecule has 0 saturated carbocycles. The number of nitrogens with two attached hydrogens (primary N) is 1. The van der Waals surface area contributed by atoms with Gasteiger partial charge in [-0.05, 0) is 67.1 Å². The Morgan fingerprint density at radius 1 is 1.18 bits per heavy atom. The predicted octanol–water partition coefficient (Wildman–Crippen LogP) is 2.93. The summed E-state index contributed by atoms with van der Waals surface area (Å²) in [5.41, 5.74) is 9.66. The molecule has 1 atom stereocenters. The zero-order chi connectivity index (χ0) is 15.7. The van der Waals surface area contributed by atoms with Crippen LogP contribution in [0.5, 0.6) is 0 Å². The van der Waals surface area contributed by atoms with E-state index in [9.17, 15) is 8.42 Å². The molecule has 2 aromatic carbocycles. The van der Waals surface area contributed by atoms with Gasteiger partial charge in [-0.1, -0.05) is 18.2 Å². The van der Waals surface area contributed by atoms with E-state index in [0.29, 0.717) is 4.90 Å². The Hall–Kier alpha value is -1.85. The molecule has 0 saturated heterocycles. The number of aryl methyl sites for hydroxylation is 2. The Balaban J connectivity index is 1.91. The molecule has 0 bridgehead atoms. The van der Waals surface area contributed by atoms with Crippen LogP contribution in [0.15, 0.2) is 47.4 Å². The Labute approximate surface area is 131 Å². The number of nitrogen functional groups attached to an aromatic ring is 1. The van der Waals surface area contributed by atoms with Crippen LogP contribution in [0.1, 0.15) is 35.6 Å². The Kier molecular flexibility index (Phi) is 3.93. The predicted molar refractivity (Wildman–Crippen MR) is 88.0 cm³/mol. The van der Waals surface area contributed by atoms with Crippen molar-refractivity contribution in [2.75, 3.05) is 5.73 Å². The molecule has 3 rings (SSSR count). The summed E-state index contributed by atoms with van der Waals surface area (Å²) in [5.74, 6) is 0. The molecule has 0 amide bonds. The standard InChI is InChI=1S/C17H20N2O2S/c1-12-4-2-6-15(10-12)22(20,21)19-17-7-3-5-13-11-14(18)8-9-16(13)17/h2,4,6,8-11,17,19H,3,5,7,18H2,1H3. The molecule has 0 spiro atoms. The highest BCUT2D eigenvalue weighted by atomic mass is 32.2. The van der Waals surface area contributed by atoms with E-state index >= 15 is 0 Å². The summed E-state index contributed by atoms with van der Waals surface area (Å²) in [4.78, 5) is 0.315. The van der Waals surface area contributed by atoms with E-state index in [-0.39, 0.29) is 6.04 Å². The van der Waals surface area contributed by atoms with Gasteiger partial charge in [-0.2, -0.15) is 0 Å². The van der Waals surface area contributed by atoms with Crippen LogP contribution in [0.4, 0.5) is 5.69 Å². The molecule has 0 aliphatic heterocycles. The average molecular weight is 316 g/mol. The Morgan fingerprint density at radius 2 is 2.00 bits per heavy atom. The summed E-state index contributed by atoms with van der Waals surface area (Å²) in [7, 11) is -3.52. The van der Waals surface area contributed by atoms with Gasteiger partial charge in [0.25, 0.3) is 0 Å². The molecule has 0 aromatic heterocycles. The van der Waals surface area contributed by atoms with E-state index < -0.39 is 10.0 Å². The van der Waals surface area contributed by atoms with Crippen LogP contribution in [0.3, 0.4) is 0 Å². The van der Waals surface area contributed by atoms with Crippen molar-refractivity contribution in [3.05, 3.63) is 59.2 Å². The molecule has 3 N–H and O–H groups in total. The van der Waals surface area contributed by atoms with Crippen molar-refractivity contribution in [3.8, 4) is 0 Å². The fourth-order valence-electron chi connectivity index (χ4n) is 2.99. The van der Waals surface area contributed by atoms with Gasteiger partial charge in [-0.25, -0.2) is 13.1 Å². The molecule has 2 aromatic rings. The first kappa shape index (κ1) is 15.1. The average Bonchev–Trinajstić information content (AvgIpc) is 2.47. The molecule has 116 valence electrons. The topological polar surface area (TPSA) is 72.2 Å². The van der Waals surface area contributed by atoms with E-state index in [2.05, 4.69) is 4.72 Å². The van der Waals surface area contributed by atoms with E-state index in [1.807, 2.05) is 31.2 Å². The largest absolute Gasteiger partial charge is 0.399 e. The quantitative estimate of drug-likeness (QED) is 0.855. The third-order valence-electron chi connectivity index (χ3n) is 4.08. The van der Waals surface area contributed by atoms with Crippen LogP contribution in [0.2, 0.25) is 0 Å². The van der Waals surface area contributed by atoms with Crippen molar-refractivity contribution < 1.29 is 8.42 Å². The van der Waals surface area contributed by atoms with Gasteiger partial charge in [0.2, 0.25) is 10.0 Å². The molecular formula is C17H20N2O2S. The van der Waals surface area contributed by atoms with Crippen molar-refractivity contribution in [2.45, 2.75) is 37.1 Å². The van der Waals surface area contributed by atoms with Crippen LogP contribution >= 0.6 is 0 Å². The molecule has 1 unspecified atom stereocenters. The summed E-state index contributed by atoms with van der Waals surface area (Å²) >= 11 is 0. The summed E-state index contributed by atoms with van der Waals surface area (Å²) in [6.45, 7) is 1.89. The van der Waals surface area contributed by atoms with Crippen LogP contribution in [0.25, 0.3) is 0 Å². The first-order valence-corrected chi connectivity index (χ1v) is 8.91. The number of nitrogens with one attached hydrogen (secondary N) is 1. The maximum Gasteiger partial charge on any atom is 0.241 e. The number of rotatable bonds is 3. The molecule has 22 heavy (non-hydrogen) atoms. The second-order valence-corrected chi connectivity index (χ2v) is 7.55. The second-order valence-electron chi connectivity index (χ2n) is 5.84. The minimum atomic E-state index is -3.52. The van der Waals surface area contributed by atoms with Crippen molar-refractivity contribution in [1.29, 1.82) is 0 Å². The van der Waals surface area contributed by atoms with Gasteiger partial charge in [-0.15, -0.1) is 0 Å². The van der Waals surface area contributed by atoms with Crippen molar-refractivity contribution in [1.82, 2.24) is 4.72 Å². The summed E-state index contributed by atoms with van der Waals surface area (Å²) < 4.78 is 28.0. The fraction of sp³-hybridized carbons (Fsp3) is 0.294. The number of anilines is 1. The Morgan fingerprint density at radius 3 is 2.77 bits per heavy atom. The van der Waals surface area contributed by atoms with Gasteiger partial charge in [0.1, 0.15) is 0 Å². The first-order chi connectivity index (χ1) is 10.5. The molecule has 0 heterocycles. The van der Waals surface area contributed by atoms with Gasteiger partial charge in [0.15, 0.2) is 0 Å². The summed E-state index contributed by atoms with van der Waals surface area (Å²) in [6, 6.07) is 12.5. The number of sulfonamides is 1. The van der Waals surface area contributed by atoms with Gasteiger partial charge < -0.3 is 5.73 Å². The zero-order valence-corrected chi connectivity index (χ0v) is 13.4. The van der Waals surface area contributed by atoms with E-state index in [0.717, 1.165) is 41.6 Å². The van der Waals surface area contributed by atoms with Gasteiger partial charge >= 0.3 is 0 Å². The van der Waals surface area contributed by atoms with Crippen molar-refractivity contribution >= 4 is 15.7 Å². The second kappa shape index (κ2) is 5.74. The highest BCUT2D eigenvalue weighted by Gasteiger charge is 2.25. The molecule has 1 aliphatic rings.